The van der Waals surface area contributed by atoms with Gasteiger partial charge < -0.3 is 13.1 Å². The van der Waals surface area contributed by atoms with Gasteiger partial charge in [-0.15, -0.1) is 0 Å². The molecule has 0 amide bonds. The van der Waals surface area contributed by atoms with Crippen LogP contribution in [0.4, 0.5) is 0 Å². The van der Waals surface area contributed by atoms with Crippen LogP contribution in [0.1, 0.15) is 158 Å². The van der Waals surface area contributed by atoms with Crippen LogP contribution >= 0.6 is 0 Å². The van der Waals surface area contributed by atoms with Gasteiger partial charge in [0.2, 0.25) is 0 Å². The standard InChI is InChI=1S/C20H38O7S.C18H24O3S.K.Na.2H/c1-3-5-7-9-11-13-15-20(19(23)24,16-14-12-10-8-6-4-2)17(18(21)22)28(25,26)27;1-2-3-4-5-6-7-11-16-14-13-15-10-8-9-12-17(15)18(16)22(19,20)21;;;;/h17H,3-16H2,1-2H3,(H,21,22)(H,23,24)(H,25,26,27);8-10,12-14H,2-7,11H2,1H3,(H,19,20,21);;;;/q;;2*+1;2*-1. The van der Waals surface area contributed by atoms with Crippen molar-refractivity contribution in [3.8, 4) is 0 Å². The molecule has 10 nitrogen and oxygen atoms in total. The van der Waals surface area contributed by atoms with Crippen molar-refractivity contribution in [1.82, 2.24) is 0 Å². The Labute approximate surface area is 381 Å². The largest absolute Gasteiger partial charge is 1.00 e. The number of aryl methyl sites for hydroxylation is 1. The molecular formula is C38H64KNaO10S2. The van der Waals surface area contributed by atoms with Crippen molar-refractivity contribution in [3.63, 3.8) is 0 Å². The summed E-state index contributed by atoms with van der Waals surface area (Å²) in [6, 6.07) is 11.0. The molecule has 2 aromatic rings. The molecule has 52 heavy (non-hydrogen) atoms. The molecule has 1 unspecified atom stereocenters. The predicted molar refractivity (Wildman–Crippen MR) is 202 cm³/mol. The van der Waals surface area contributed by atoms with Gasteiger partial charge in [0.15, 0.2) is 5.25 Å². The van der Waals surface area contributed by atoms with E-state index in [-0.39, 0.29) is 102 Å². The molecule has 0 spiro atoms. The van der Waals surface area contributed by atoms with E-state index in [0.29, 0.717) is 37.5 Å². The smallest absolute Gasteiger partial charge is 1.00 e. The average Bonchev–Trinajstić information content (AvgIpc) is 3.04. The van der Waals surface area contributed by atoms with Crippen LogP contribution in [0, 0.1) is 5.41 Å². The van der Waals surface area contributed by atoms with Crippen LogP contribution < -0.4 is 80.9 Å². The van der Waals surface area contributed by atoms with Crippen LogP contribution in [0.3, 0.4) is 0 Å². The Hall–Kier alpha value is 0.0964. The van der Waals surface area contributed by atoms with Crippen LogP contribution in [0.15, 0.2) is 41.3 Å². The third kappa shape index (κ3) is 19.8. The molecule has 0 saturated heterocycles. The number of aliphatic carboxylic acids is 2. The number of carboxylic acids is 2. The third-order valence-corrected chi connectivity index (χ3v) is 11.7. The summed E-state index contributed by atoms with van der Waals surface area (Å²) in [5.41, 5.74) is -1.29. The number of hydrogen-bond acceptors (Lipinski definition) is 6. The Morgan fingerprint density at radius 1 is 0.654 bits per heavy atom. The molecule has 0 fully saturated rings. The zero-order valence-corrected chi connectivity index (χ0v) is 39.2. The second-order valence-corrected chi connectivity index (χ2v) is 16.4. The molecule has 0 aliphatic carbocycles. The molecule has 0 radical (unpaired) electrons. The summed E-state index contributed by atoms with van der Waals surface area (Å²) >= 11 is 0. The van der Waals surface area contributed by atoms with Crippen molar-refractivity contribution >= 4 is 42.9 Å². The second-order valence-electron chi connectivity index (χ2n) is 13.5. The van der Waals surface area contributed by atoms with E-state index in [9.17, 15) is 45.7 Å². The summed E-state index contributed by atoms with van der Waals surface area (Å²) < 4.78 is 66.3. The first kappa shape index (κ1) is 54.2. The number of hydrogen-bond donors (Lipinski definition) is 4. The Bertz CT molecular complexity index is 1510. The van der Waals surface area contributed by atoms with Gasteiger partial charge >= 0.3 is 92.9 Å². The molecule has 14 heteroatoms. The molecule has 290 valence electrons. The summed E-state index contributed by atoms with van der Waals surface area (Å²) in [7, 11) is -9.26. The SMILES string of the molecule is CCCCCCCCC(CCCCCCCC)(C(=O)O)C(C(=O)O)S(=O)(=O)O.CCCCCCCCc1ccc2ccccc2c1S(=O)(=O)O.[H-].[H-].[K+].[Na+]. The molecule has 4 N–H and O–H groups in total. The van der Waals surface area contributed by atoms with Crippen LogP contribution in [-0.2, 0) is 36.2 Å². The topological polar surface area (TPSA) is 183 Å². The molecule has 1 atom stereocenters. The Morgan fingerprint density at radius 3 is 1.48 bits per heavy atom. The zero-order chi connectivity index (χ0) is 37.6. The minimum absolute atomic E-state index is 0. The van der Waals surface area contributed by atoms with Crippen molar-refractivity contribution in [2.24, 2.45) is 5.41 Å². The first-order valence-corrected chi connectivity index (χ1v) is 21.5. The van der Waals surface area contributed by atoms with Crippen molar-refractivity contribution in [3.05, 3.63) is 42.0 Å². The summed E-state index contributed by atoms with van der Waals surface area (Å²) in [4.78, 5) is 23.8. The first-order chi connectivity index (χ1) is 23.7. The van der Waals surface area contributed by atoms with Crippen molar-refractivity contribution in [2.75, 3.05) is 0 Å². The summed E-state index contributed by atoms with van der Waals surface area (Å²) in [6.45, 7) is 6.35. The maximum atomic E-state index is 12.1. The van der Waals surface area contributed by atoms with Gasteiger partial charge in [-0.3, -0.25) is 18.7 Å². The number of rotatable bonds is 26. The quantitative estimate of drug-likeness (QED) is 0.0613. The van der Waals surface area contributed by atoms with E-state index < -0.39 is 42.8 Å². The zero-order valence-electron chi connectivity index (χ0n) is 34.4. The van der Waals surface area contributed by atoms with Crippen LogP contribution in [-0.4, -0.2) is 53.3 Å². The van der Waals surface area contributed by atoms with Crippen LogP contribution in [0.2, 0.25) is 0 Å². The van der Waals surface area contributed by atoms with Gasteiger partial charge in [0.1, 0.15) is 4.90 Å². The fraction of sp³-hybridized carbons (Fsp3) is 0.684. The van der Waals surface area contributed by atoms with Crippen molar-refractivity contribution in [1.29, 1.82) is 0 Å². The Morgan fingerprint density at radius 2 is 1.08 bits per heavy atom. The van der Waals surface area contributed by atoms with Gasteiger partial charge in [-0.2, -0.15) is 16.8 Å². The molecule has 0 saturated carbocycles. The monoisotopic (exact) mass is 806 g/mol. The number of unbranched alkanes of at least 4 members (excludes halogenated alkanes) is 15. The van der Waals surface area contributed by atoms with E-state index in [2.05, 4.69) is 20.8 Å². The minimum atomic E-state index is -5.05. The van der Waals surface area contributed by atoms with Gasteiger partial charge in [-0.05, 0) is 36.6 Å². The maximum Gasteiger partial charge on any atom is 1.00 e. The Kier molecular flexibility index (Phi) is 30.6. The van der Waals surface area contributed by atoms with E-state index in [1.54, 1.807) is 12.1 Å². The Balaban J connectivity index is -0.000000439. The second kappa shape index (κ2) is 29.4. The van der Waals surface area contributed by atoms with E-state index in [0.717, 1.165) is 75.2 Å². The summed E-state index contributed by atoms with van der Waals surface area (Å²) in [5, 5.41) is 18.4. The van der Waals surface area contributed by atoms with Gasteiger partial charge in [-0.1, -0.05) is 166 Å². The first-order valence-electron chi connectivity index (χ1n) is 18.6. The van der Waals surface area contributed by atoms with Crippen LogP contribution in [0.5, 0.6) is 0 Å². The molecule has 0 heterocycles. The molecule has 2 aromatic carbocycles. The summed E-state index contributed by atoms with van der Waals surface area (Å²) in [5.74, 6) is -3.26. The van der Waals surface area contributed by atoms with E-state index in [4.69, 9.17) is 0 Å². The van der Waals surface area contributed by atoms with Crippen molar-refractivity contribution in [2.45, 2.75) is 166 Å². The number of carbonyl (C=O) groups is 2. The minimum Gasteiger partial charge on any atom is -1.00 e. The van der Waals surface area contributed by atoms with Gasteiger partial charge in [-0.25, -0.2) is 0 Å². The van der Waals surface area contributed by atoms with Crippen molar-refractivity contribution < 1.29 is 130 Å². The molecule has 0 bridgehead atoms. The van der Waals surface area contributed by atoms with E-state index >= 15 is 0 Å². The molecule has 0 aromatic heterocycles. The fourth-order valence-corrected chi connectivity index (χ4v) is 8.82. The molecule has 0 aliphatic rings. The number of benzene rings is 2. The number of fused-ring (bicyclic) bond motifs is 1. The molecule has 2 rings (SSSR count). The van der Waals surface area contributed by atoms with E-state index in [1.807, 2.05) is 24.3 Å². The fourth-order valence-electron chi connectivity index (χ4n) is 6.69. The maximum absolute atomic E-state index is 12.1. The number of carboxylic acid groups (broad SMARTS) is 2. The predicted octanol–water partition coefficient (Wildman–Crippen LogP) is 4.12. The molecule has 0 aliphatic heterocycles. The van der Waals surface area contributed by atoms with Gasteiger partial charge in [0.25, 0.3) is 20.2 Å². The summed E-state index contributed by atoms with van der Waals surface area (Å²) in [6.07, 6.45) is 17.8. The third-order valence-electron chi connectivity index (χ3n) is 9.42. The van der Waals surface area contributed by atoms with Crippen LogP contribution in [0.25, 0.3) is 10.8 Å². The van der Waals surface area contributed by atoms with Gasteiger partial charge in [0, 0.05) is 5.39 Å². The molecular weight excluding hydrogens is 743 g/mol. The van der Waals surface area contributed by atoms with Gasteiger partial charge in [0.05, 0.1) is 5.41 Å². The van der Waals surface area contributed by atoms with E-state index in [1.165, 1.54) is 25.7 Å². The normalized spacial score (nSPS) is 12.2. The average molecular weight is 807 g/mol.